The highest BCUT2D eigenvalue weighted by Gasteiger charge is 2.19. The van der Waals surface area contributed by atoms with Gasteiger partial charge in [0.05, 0.1) is 0 Å². The predicted octanol–water partition coefficient (Wildman–Crippen LogP) is 1.78. The van der Waals surface area contributed by atoms with Crippen molar-refractivity contribution in [1.82, 2.24) is 9.88 Å². The molecule has 3 N–H and O–H groups in total. The molecule has 1 unspecified atom stereocenters. The first-order valence-electron chi connectivity index (χ1n) is 8.91. The van der Waals surface area contributed by atoms with E-state index >= 15 is 0 Å². The molecular formula is C20H23N3O5. The van der Waals surface area contributed by atoms with Crippen LogP contribution in [0.5, 0.6) is 0 Å². The van der Waals surface area contributed by atoms with Gasteiger partial charge < -0.3 is 20.3 Å². The number of carboxylic acid groups (broad SMARTS) is 1. The highest BCUT2D eigenvalue weighted by Crippen LogP contribution is 2.10. The average molecular weight is 385 g/mol. The number of rotatable bonds is 8. The minimum Gasteiger partial charge on any atom is -0.480 e. The maximum atomic E-state index is 12.2. The first kappa shape index (κ1) is 20.9. The summed E-state index contributed by atoms with van der Waals surface area (Å²) in [4.78, 5) is 47.3. The van der Waals surface area contributed by atoms with Crippen LogP contribution in [0.15, 0.2) is 47.4 Å². The van der Waals surface area contributed by atoms with Crippen LogP contribution < -0.4 is 16.2 Å². The fourth-order valence-electron chi connectivity index (χ4n) is 2.59. The minimum absolute atomic E-state index is 0.126. The van der Waals surface area contributed by atoms with Crippen LogP contribution in [0.2, 0.25) is 0 Å². The highest BCUT2D eigenvalue weighted by atomic mass is 16.4. The van der Waals surface area contributed by atoms with Gasteiger partial charge in [-0.3, -0.25) is 14.4 Å². The van der Waals surface area contributed by atoms with Gasteiger partial charge in [-0.1, -0.05) is 13.3 Å². The molecule has 2 aromatic rings. The van der Waals surface area contributed by atoms with Gasteiger partial charge in [-0.05, 0) is 49.2 Å². The number of pyridine rings is 1. The van der Waals surface area contributed by atoms with E-state index in [1.54, 1.807) is 31.3 Å². The number of carbonyl (C=O) groups is 3. The molecule has 0 aliphatic carbocycles. The highest BCUT2D eigenvalue weighted by molar-refractivity contribution is 5.97. The molecule has 0 aliphatic heterocycles. The molecule has 0 saturated carbocycles. The number of aryl methyl sites for hydroxylation is 1. The van der Waals surface area contributed by atoms with Crippen LogP contribution in [0, 0.1) is 6.92 Å². The molecule has 2 amide bonds. The van der Waals surface area contributed by atoms with E-state index in [4.69, 9.17) is 5.11 Å². The maximum Gasteiger partial charge on any atom is 0.326 e. The van der Waals surface area contributed by atoms with Crippen molar-refractivity contribution in [3.63, 3.8) is 0 Å². The standard InChI is InChI=1S/C20H23N3O5/c1-3-4-16(20(27)28)22-19(26)14-5-7-15(8-6-14)21-17(24)12-23-10-9-13(2)11-18(23)25/h5-11,16H,3-4,12H2,1-2H3,(H,21,24)(H,22,26)(H,27,28). The van der Waals surface area contributed by atoms with Gasteiger partial charge in [0.25, 0.3) is 11.5 Å². The van der Waals surface area contributed by atoms with Crippen molar-refractivity contribution >= 4 is 23.5 Å². The molecule has 8 nitrogen and oxygen atoms in total. The SMILES string of the molecule is CCCC(NC(=O)c1ccc(NC(=O)Cn2ccc(C)cc2=O)cc1)C(=O)O. The normalized spacial score (nSPS) is 11.5. The molecule has 0 radical (unpaired) electrons. The summed E-state index contributed by atoms with van der Waals surface area (Å²) in [6.45, 7) is 3.51. The van der Waals surface area contributed by atoms with E-state index in [9.17, 15) is 19.2 Å². The van der Waals surface area contributed by atoms with Gasteiger partial charge in [0.2, 0.25) is 5.91 Å². The molecule has 1 aromatic heterocycles. The van der Waals surface area contributed by atoms with Crippen LogP contribution in [0.25, 0.3) is 0 Å². The second kappa shape index (κ2) is 9.50. The minimum atomic E-state index is -1.08. The van der Waals surface area contributed by atoms with Crippen molar-refractivity contribution in [3.8, 4) is 0 Å². The third-order valence-electron chi connectivity index (χ3n) is 4.08. The number of hydrogen-bond donors (Lipinski definition) is 3. The molecule has 28 heavy (non-hydrogen) atoms. The summed E-state index contributed by atoms with van der Waals surface area (Å²) >= 11 is 0. The lowest BCUT2D eigenvalue weighted by molar-refractivity contribution is -0.139. The molecule has 1 heterocycles. The van der Waals surface area contributed by atoms with Crippen molar-refractivity contribution in [2.75, 3.05) is 5.32 Å². The first-order chi connectivity index (χ1) is 13.3. The number of aromatic nitrogens is 1. The molecule has 0 aliphatic rings. The summed E-state index contributed by atoms with van der Waals surface area (Å²) in [5, 5.41) is 14.2. The third kappa shape index (κ3) is 5.80. The number of amides is 2. The molecule has 0 saturated heterocycles. The van der Waals surface area contributed by atoms with Gasteiger partial charge in [-0.2, -0.15) is 0 Å². The summed E-state index contributed by atoms with van der Waals surface area (Å²) < 4.78 is 1.30. The molecule has 8 heteroatoms. The fraction of sp³-hybridized carbons (Fsp3) is 0.300. The number of carboxylic acids is 1. The number of carbonyl (C=O) groups excluding carboxylic acids is 2. The lowest BCUT2D eigenvalue weighted by Gasteiger charge is -2.14. The molecule has 148 valence electrons. The van der Waals surface area contributed by atoms with Crippen LogP contribution in [0.1, 0.15) is 35.7 Å². The zero-order chi connectivity index (χ0) is 20.7. The smallest absolute Gasteiger partial charge is 0.326 e. The van der Waals surface area contributed by atoms with E-state index in [2.05, 4.69) is 10.6 Å². The van der Waals surface area contributed by atoms with Crippen molar-refractivity contribution in [2.24, 2.45) is 0 Å². The van der Waals surface area contributed by atoms with E-state index in [-0.39, 0.29) is 23.6 Å². The van der Waals surface area contributed by atoms with Crippen LogP contribution >= 0.6 is 0 Å². The molecule has 0 fully saturated rings. The van der Waals surface area contributed by atoms with Crippen LogP contribution in [-0.2, 0) is 16.1 Å². The molecule has 1 aromatic carbocycles. The Morgan fingerprint density at radius 2 is 1.82 bits per heavy atom. The fourth-order valence-corrected chi connectivity index (χ4v) is 2.59. The molecule has 1 atom stereocenters. The number of aliphatic carboxylic acids is 1. The van der Waals surface area contributed by atoms with Crippen molar-refractivity contribution < 1.29 is 19.5 Å². The summed E-state index contributed by atoms with van der Waals surface area (Å²) in [6.07, 6.45) is 2.53. The molecule has 0 spiro atoms. The Kier molecular flexibility index (Phi) is 7.08. The largest absolute Gasteiger partial charge is 0.480 e. The van der Waals surface area contributed by atoms with Gasteiger partial charge >= 0.3 is 5.97 Å². The Balaban J connectivity index is 1.98. The van der Waals surface area contributed by atoms with Gasteiger partial charge in [-0.25, -0.2) is 4.79 Å². The lowest BCUT2D eigenvalue weighted by atomic mass is 10.1. The van der Waals surface area contributed by atoms with Crippen molar-refractivity contribution in [2.45, 2.75) is 39.3 Å². The van der Waals surface area contributed by atoms with Gasteiger partial charge in [0, 0.05) is 23.5 Å². The van der Waals surface area contributed by atoms with Crippen molar-refractivity contribution in [3.05, 3.63) is 64.1 Å². The van der Waals surface area contributed by atoms with Crippen molar-refractivity contribution in [1.29, 1.82) is 0 Å². The zero-order valence-corrected chi connectivity index (χ0v) is 15.8. The monoisotopic (exact) mass is 385 g/mol. The quantitative estimate of drug-likeness (QED) is 0.640. The van der Waals surface area contributed by atoms with Crippen LogP contribution in [0.4, 0.5) is 5.69 Å². The second-order valence-electron chi connectivity index (χ2n) is 6.45. The topological polar surface area (TPSA) is 118 Å². The van der Waals surface area contributed by atoms with Gasteiger partial charge in [-0.15, -0.1) is 0 Å². The van der Waals surface area contributed by atoms with Crippen LogP contribution in [0.3, 0.4) is 0 Å². The van der Waals surface area contributed by atoms with E-state index in [1.165, 1.54) is 22.8 Å². The summed E-state index contributed by atoms with van der Waals surface area (Å²) in [5.41, 5.74) is 1.31. The number of benzene rings is 1. The van der Waals surface area contributed by atoms with E-state index < -0.39 is 17.9 Å². The Labute approximate surface area is 162 Å². The van der Waals surface area contributed by atoms with Gasteiger partial charge in [0.15, 0.2) is 0 Å². The molecule has 2 rings (SSSR count). The number of nitrogens with one attached hydrogen (secondary N) is 2. The van der Waals surface area contributed by atoms with E-state index in [1.807, 2.05) is 6.92 Å². The Morgan fingerprint density at radius 1 is 1.14 bits per heavy atom. The third-order valence-corrected chi connectivity index (χ3v) is 4.08. The van der Waals surface area contributed by atoms with Gasteiger partial charge in [0.1, 0.15) is 12.6 Å². The second-order valence-corrected chi connectivity index (χ2v) is 6.45. The number of hydrogen-bond acceptors (Lipinski definition) is 4. The van der Waals surface area contributed by atoms with E-state index in [0.717, 1.165) is 5.56 Å². The Hall–Kier alpha value is -3.42. The number of anilines is 1. The molecular weight excluding hydrogens is 362 g/mol. The maximum absolute atomic E-state index is 12.2. The summed E-state index contributed by atoms with van der Waals surface area (Å²) in [7, 11) is 0. The Morgan fingerprint density at radius 3 is 2.39 bits per heavy atom. The average Bonchev–Trinajstić information content (AvgIpc) is 2.64. The summed E-state index contributed by atoms with van der Waals surface area (Å²) in [5.74, 6) is -1.95. The predicted molar refractivity (Wildman–Crippen MR) is 104 cm³/mol. The zero-order valence-electron chi connectivity index (χ0n) is 15.8. The Bertz CT molecular complexity index is 918. The lowest BCUT2D eigenvalue weighted by Crippen LogP contribution is -2.40. The number of nitrogens with zero attached hydrogens (tertiary/aromatic N) is 1. The first-order valence-corrected chi connectivity index (χ1v) is 8.91. The van der Waals surface area contributed by atoms with Crippen LogP contribution in [-0.4, -0.2) is 33.5 Å². The molecule has 0 bridgehead atoms. The van der Waals surface area contributed by atoms with E-state index in [0.29, 0.717) is 18.5 Å². The summed E-state index contributed by atoms with van der Waals surface area (Å²) in [6, 6.07) is 8.32.